The molecular weight excluding hydrogens is 216 g/mol. The topological polar surface area (TPSA) is 0 Å². The summed E-state index contributed by atoms with van der Waals surface area (Å²) < 4.78 is 0. The number of unbranched alkanes of at least 4 members (excludes halogenated alkanes) is 4. The maximum atomic E-state index is 2.39. The monoisotopic (exact) mass is 246 g/mol. The Hall–Kier alpha value is -0.780. The van der Waals surface area contributed by atoms with Crippen molar-refractivity contribution in [2.45, 2.75) is 71.1 Å². The van der Waals surface area contributed by atoms with Crippen molar-refractivity contribution in [2.75, 3.05) is 0 Å². The van der Waals surface area contributed by atoms with Crippen LogP contribution in [0.25, 0.3) is 0 Å². The average molecular weight is 246 g/mol. The molecule has 0 spiro atoms. The van der Waals surface area contributed by atoms with E-state index in [0.29, 0.717) is 0 Å². The highest BCUT2D eigenvalue weighted by molar-refractivity contribution is 5.11. The van der Waals surface area contributed by atoms with Gasteiger partial charge in [0.25, 0.3) is 0 Å². The minimum atomic E-state index is 0.849. The van der Waals surface area contributed by atoms with Gasteiger partial charge in [-0.1, -0.05) is 81.9 Å². The van der Waals surface area contributed by atoms with Gasteiger partial charge in [0.1, 0.15) is 0 Å². The first-order valence-electron chi connectivity index (χ1n) is 7.93. The molecule has 0 atom stereocenters. The third kappa shape index (κ3) is 8.33. The van der Waals surface area contributed by atoms with Crippen molar-refractivity contribution >= 4 is 0 Å². The van der Waals surface area contributed by atoms with Gasteiger partial charge in [0, 0.05) is 0 Å². The largest absolute Gasteiger partial charge is 0.0845 e. The lowest BCUT2D eigenvalue weighted by Crippen LogP contribution is -2.02. The van der Waals surface area contributed by atoms with Crippen molar-refractivity contribution in [3.8, 4) is 0 Å². The average Bonchev–Trinajstić information content (AvgIpc) is 2.42. The van der Waals surface area contributed by atoms with Gasteiger partial charge in [-0.05, 0) is 31.6 Å². The Kier molecular flexibility index (Phi) is 9.61. The van der Waals surface area contributed by atoms with Crippen LogP contribution >= 0.6 is 0 Å². The van der Waals surface area contributed by atoms with E-state index < -0.39 is 0 Å². The van der Waals surface area contributed by atoms with Gasteiger partial charge in [-0.15, -0.1) is 0 Å². The van der Waals surface area contributed by atoms with Gasteiger partial charge in [-0.25, -0.2) is 0 Å². The van der Waals surface area contributed by atoms with Crippen molar-refractivity contribution < 1.29 is 0 Å². The van der Waals surface area contributed by atoms with E-state index in [2.05, 4.69) is 43.4 Å². The van der Waals surface area contributed by atoms with Gasteiger partial charge in [0.15, 0.2) is 0 Å². The van der Waals surface area contributed by atoms with E-state index in [1.54, 1.807) is 0 Å². The van der Waals surface area contributed by atoms with Crippen LogP contribution in [0.4, 0.5) is 0 Å². The summed E-state index contributed by atoms with van der Waals surface area (Å²) in [6.45, 7) is 2.26. The van der Waals surface area contributed by atoms with Gasteiger partial charge in [-0.3, -0.25) is 0 Å². The number of hydrogen-bond acceptors (Lipinski definition) is 0. The molecule has 1 rings (SSSR count). The second-order valence-electron chi connectivity index (χ2n) is 5.45. The molecule has 18 heavy (non-hydrogen) atoms. The smallest absolute Gasteiger partial charge is 0.0230 e. The predicted octanol–water partition coefficient (Wildman–Crippen LogP) is 6.21. The summed E-state index contributed by atoms with van der Waals surface area (Å²) >= 11 is 0. The molecule has 0 aromatic carbocycles. The van der Waals surface area contributed by atoms with Crippen molar-refractivity contribution in [3.63, 3.8) is 0 Å². The second kappa shape index (κ2) is 11.3. The van der Waals surface area contributed by atoms with Crippen molar-refractivity contribution in [1.82, 2.24) is 0 Å². The molecule has 0 N–H and O–H groups in total. The number of hydrogen-bond donors (Lipinski definition) is 0. The third-order valence-electron chi connectivity index (χ3n) is 3.73. The van der Waals surface area contributed by atoms with Crippen LogP contribution in [0.15, 0.2) is 36.5 Å². The summed E-state index contributed by atoms with van der Waals surface area (Å²) in [5.41, 5.74) is 0. The molecule has 0 heterocycles. The van der Waals surface area contributed by atoms with E-state index in [-0.39, 0.29) is 0 Å². The molecule has 1 saturated carbocycles. The molecule has 0 amide bonds. The van der Waals surface area contributed by atoms with Gasteiger partial charge in [0.2, 0.25) is 0 Å². The van der Waals surface area contributed by atoms with E-state index in [0.717, 1.165) is 5.92 Å². The lowest BCUT2D eigenvalue weighted by atomic mass is 9.89. The van der Waals surface area contributed by atoms with Gasteiger partial charge < -0.3 is 0 Å². The minimum Gasteiger partial charge on any atom is -0.0845 e. The molecule has 102 valence electrons. The SMILES string of the molecule is CCCCCCC=CC=CC=CC1CCCCC1. The molecule has 0 unspecified atom stereocenters. The molecule has 0 saturated heterocycles. The standard InChI is InChI=1S/C18H30/c1-2-3-4-5-6-7-8-9-10-12-15-18-16-13-11-14-17-18/h7-10,12,15,18H,2-6,11,13-14,16-17H2,1H3. The molecule has 0 bridgehead atoms. The highest BCUT2D eigenvalue weighted by atomic mass is 14.1. The third-order valence-corrected chi connectivity index (χ3v) is 3.73. The zero-order chi connectivity index (χ0) is 12.9. The van der Waals surface area contributed by atoms with Gasteiger partial charge in [-0.2, -0.15) is 0 Å². The fourth-order valence-electron chi connectivity index (χ4n) is 2.54. The number of allylic oxidation sites excluding steroid dienone is 6. The highest BCUT2D eigenvalue weighted by Gasteiger charge is 2.08. The van der Waals surface area contributed by atoms with Crippen LogP contribution in [0, 0.1) is 5.92 Å². The molecule has 0 aromatic heterocycles. The highest BCUT2D eigenvalue weighted by Crippen LogP contribution is 2.24. The summed E-state index contributed by atoms with van der Waals surface area (Å²) in [6, 6.07) is 0. The van der Waals surface area contributed by atoms with Gasteiger partial charge >= 0.3 is 0 Å². The van der Waals surface area contributed by atoms with Crippen LogP contribution in [0.3, 0.4) is 0 Å². The Morgan fingerprint density at radius 2 is 1.61 bits per heavy atom. The molecule has 1 fully saturated rings. The Labute approximate surface area is 114 Å². The Morgan fingerprint density at radius 1 is 0.833 bits per heavy atom. The lowest BCUT2D eigenvalue weighted by Gasteiger charge is -2.17. The molecule has 1 aliphatic rings. The normalized spacial score (nSPS) is 18.5. The summed E-state index contributed by atoms with van der Waals surface area (Å²) in [6.07, 6.45) is 27.2. The first kappa shape index (κ1) is 15.3. The zero-order valence-corrected chi connectivity index (χ0v) is 12.1. The van der Waals surface area contributed by atoms with E-state index in [4.69, 9.17) is 0 Å². The second-order valence-corrected chi connectivity index (χ2v) is 5.45. The van der Waals surface area contributed by atoms with Gasteiger partial charge in [0.05, 0.1) is 0 Å². The zero-order valence-electron chi connectivity index (χ0n) is 12.1. The molecular formula is C18H30. The summed E-state index contributed by atoms with van der Waals surface area (Å²) in [5.74, 6) is 0.849. The quantitative estimate of drug-likeness (QED) is 0.353. The maximum Gasteiger partial charge on any atom is -0.0230 e. The van der Waals surface area contributed by atoms with Crippen LogP contribution in [0.2, 0.25) is 0 Å². The summed E-state index contributed by atoms with van der Waals surface area (Å²) in [5, 5.41) is 0. The van der Waals surface area contributed by atoms with Crippen LogP contribution in [0.1, 0.15) is 71.1 Å². The van der Waals surface area contributed by atoms with E-state index in [1.807, 2.05) is 0 Å². The van der Waals surface area contributed by atoms with Crippen LogP contribution in [-0.2, 0) is 0 Å². The molecule has 1 aliphatic carbocycles. The Bertz CT molecular complexity index is 251. The summed E-state index contributed by atoms with van der Waals surface area (Å²) in [7, 11) is 0. The van der Waals surface area contributed by atoms with E-state index >= 15 is 0 Å². The van der Waals surface area contributed by atoms with Crippen molar-refractivity contribution in [2.24, 2.45) is 5.92 Å². The van der Waals surface area contributed by atoms with Crippen molar-refractivity contribution in [1.29, 1.82) is 0 Å². The van der Waals surface area contributed by atoms with Crippen LogP contribution in [-0.4, -0.2) is 0 Å². The first-order chi connectivity index (χ1) is 8.93. The summed E-state index contributed by atoms with van der Waals surface area (Å²) in [4.78, 5) is 0. The molecule has 0 aliphatic heterocycles. The van der Waals surface area contributed by atoms with Crippen LogP contribution < -0.4 is 0 Å². The number of rotatable bonds is 8. The minimum absolute atomic E-state index is 0.849. The van der Waals surface area contributed by atoms with Crippen molar-refractivity contribution in [3.05, 3.63) is 36.5 Å². The van der Waals surface area contributed by atoms with E-state index in [9.17, 15) is 0 Å². The molecule has 0 heteroatoms. The molecule has 0 aromatic rings. The predicted molar refractivity (Wildman–Crippen MR) is 82.8 cm³/mol. The fourth-order valence-corrected chi connectivity index (χ4v) is 2.54. The fraction of sp³-hybridized carbons (Fsp3) is 0.667. The van der Waals surface area contributed by atoms with E-state index in [1.165, 1.54) is 64.2 Å². The first-order valence-corrected chi connectivity index (χ1v) is 7.93. The molecule has 0 radical (unpaired) electrons. The Balaban J connectivity index is 2.01. The molecule has 0 nitrogen and oxygen atoms in total. The Morgan fingerprint density at radius 3 is 2.39 bits per heavy atom. The van der Waals surface area contributed by atoms with Crippen LogP contribution in [0.5, 0.6) is 0 Å². The maximum absolute atomic E-state index is 2.39. The lowest BCUT2D eigenvalue weighted by molar-refractivity contribution is 0.419.